The molecule has 0 amide bonds. The highest BCUT2D eigenvalue weighted by Gasteiger charge is 2.28. The highest BCUT2D eigenvalue weighted by Crippen LogP contribution is 2.30. The van der Waals surface area contributed by atoms with Crippen molar-refractivity contribution in [3.05, 3.63) is 0 Å². The van der Waals surface area contributed by atoms with Crippen molar-refractivity contribution in [2.75, 3.05) is 39.3 Å². The topological polar surface area (TPSA) is 18.5 Å². The van der Waals surface area contributed by atoms with Crippen LogP contribution in [0, 0.1) is 5.92 Å². The van der Waals surface area contributed by atoms with Crippen LogP contribution < -0.4 is 5.32 Å². The van der Waals surface area contributed by atoms with Gasteiger partial charge in [-0.25, -0.2) is 0 Å². The van der Waals surface area contributed by atoms with Crippen LogP contribution in [0.5, 0.6) is 0 Å². The van der Waals surface area contributed by atoms with Gasteiger partial charge in [0.15, 0.2) is 0 Å². The fourth-order valence-electron chi connectivity index (χ4n) is 2.93. The molecule has 1 aliphatic carbocycles. The second-order valence-electron chi connectivity index (χ2n) is 7.47. The summed E-state index contributed by atoms with van der Waals surface area (Å²) in [6.45, 7) is 16.7. The van der Waals surface area contributed by atoms with Gasteiger partial charge >= 0.3 is 0 Å². The van der Waals surface area contributed by atoms with E-state index in [1.807, 2.05) is 0 Å². The Hall–Kier alpha value is -0.120. The third-order valence-electron chi connectivity index (χ3n) is 4.48. The van der Waals surface area contributed by atoms with Crippen molar-refractivity contribution in [1.82, 2.24) is 15.1 Å². The Balaban J connectivity index is 1.71. The number of piperazine rings is 1. The molecule has 1 unspecified atom stereocenters. The Morgan fingerprint density at radius 2 is 1.74 bits per heavy atom. The molecule has 2 rings (SSSR count). The molecule has 0 bridgehead atoms. The van der Waals surface area contributed by atoms with E-state index in [0.29, 0.717) is 6.04 Å². The maximum absolute atomic E-state index is 3.67. The first-order valence-electron chi connectivity index (χ1n) is 8.19. The molecule has 0 spiro atoms. The molecule has 2 fully saturated rings. The summed E-state index contributed by atoms with van der Waals surface area (Å²) in [5, 5.41) is 3.67. The first-order chi connectivity index (χ1) is 8.98. The SMILES string of the molecule is CCC(CNC(C)(C)C)N1CCN(CC2CC2)CC1. The summed E-state index contributed by atoms with van der Waals surface area (Å²) in [5.41, 5.74) is 0.237. The molecule has 3 heteroatoms. The first kappa shape index (κ1) is 15.3. The predicted octanol–water partition coefficient (Wildman–Crippen LogP) is 2.18. The number of nitrogens with zero attached hydrogens (tertiary/aromatic N) is 2. The standard InChI is InChI=1S/C16H33N3/c1-5-15(12-17-16(2,3)4)19-10-8-18(9-11-19)13-14-6-7-14/h14-15,17H,5-13H2,1-4H3. The number of hydrogen-bond acceptors (Lipinski definition) is 3. The second-order valence-corrected chi connectivity index (χ2v) is 7.47. The molecular weight excluding hydrogens is 234 g/mol. The molecule has 1 N–H and O–H groups in total. The Morgan fingerprint density at radius 1 is 1.11 bits per heavy atom. The molecule has 2 aliphatic rings. The van der Waals surface area contributed by atoms with Crippen LogP contribution in [0.1, 0.15) is 47.0 Å². The van der Waals surface area contributed by atoms with Gasteiger partial charge in [0.2, 0.25) is 0 Å². The van der Waals surface area contributed by atoms with E-state index in [-0.39, 0.29) is 5.54 Å². The Morgan fingerprint density at radius 3 is 2.21 bits per heavy atom. The lowest BCUT2D eigenvalue weighted by molar-refractivity contribution is 0.0878. The second kappa shape index (κ2) is 6.55. The van der Waals surface area contributed by atoms with Gasteiger partial charge < -0.3 is 10.2 Å². The van der Waals surface area contributed by atoms with Gasteiger partial charge in [0, 0.05) is 50.8 Å². The van der Waals surface area contributed by atoms with E-state index >= 15 is 0 Å². The molecule has 1 atom stereocenters. The smallest absolute Gasteiger partial charge is 0.0219 e. The lowest BCUT2D eigenvalue weighted by atomic mass is 10.1. The van der Waals surface area contributed by atoms with Gasteiger partial charge in [0.1, 0.15) is 0 Å². The van der Waals surface area contributed by atoms with Gasteiger partial charge in [-0.15, -0.1) is 0 Å². The van der Waals surface area contributed by atoms with Crippen molar-refractivity contribution in [2.45, 2.75) is 58.5 Å². The number of nitrogens with one attached hydrogen (secondary N) is 1. The van der Waals surface area contributed by atoms with Crippen LogP contribution in [0.3, 0.4) is 0 Å². The minimum atomic E-state index is 0.237. The van der Waals surface area contributed by atoms with Crippen LogP contribution in [0.25, 0.3) is 0 Å². The highest BCUT2D eigenvalue weighted by molar-refractivity contribution is 4.84. The van der Waals surface area contributed by atoms with Gasteiger partial charge in [-0.05, 0) is 46.0 Å². The van der Waals surface area contributed by atoms with Crippen molar-refractivity contribution >= 4 is 0 Å². The highest BCUT2D eigenvalue weighted by atomic mass is 15.3. The van der Waals surface area contributed by atoms with E-state index in [1.54, 1.807) is 0 Å². The third kappa shape index (κ3) is 5.41. The fraction of sp³-hybridized carbons (Fsp3) is 1.00. The molecule has 1 saturated heterocycles. The zero-order valence-corrected chi connectivity index (χ0v) is 13.4. The maximum atomic E-state index is 3.67. The molecule has 1 saturated carbocycles. The van der Waals surface area contributed by atoms with Crippen molar-refractivity contribution in [2.24, 2.45) is 5.92 Å². The monoisotopic (exact) mass is 267 g/mol. The summed E-state index contributed by atoms with van der Waals surface area (Å²) < 4.78 is 0. The Labute approximate surface area is 119 Å². The van der Waals surface area contributed by atoms with Crippen molar-refractivity contribution in [3.63, 3.8) is 0 Å². The molecule has 19 heavy (non-hydrogen) atoms. The summed E-state index contributed by atoms with van der Waals surface area (Å²) >= 11 is 0. The predicted molar refractivity (Wildman–Crippen MR) is 82.6 cm³/mol. The van der Waals surface area contributed by atoms with Crippen molar-refractivity contribution in [3.8, 4) is 0 Å². The molecule has 0 aromatic carbocycles. The summed E-state index contributed by atoms with van der Waals surface area (Å²) in [7, 11) is 0. The van der Waals surface area contributed by atoms with E-state index < -0.39 is 0 Å². The van der Waals surface area contributed by atoms with Crippen LogP contribution in [0.4, 0.5) is 0 Å². The zero-order chi connectivity index (χ0) is 13.9. The summed E-state index contributed by atoms with van der Waals surface area (Å²) in [4.78, 5) is 5.38. The lowest BCUT2D eigenvalue weighted by Gasteiger charge is -2.40. The third-order valence-corrected chi connectivity index (χ3v) is 4.48. The van der Waals surface area contributed by atoms with Crippen LogP contribution in [-0.4, -0.2) is 60.6 Å². The molecule has 112 valence electrons. The largest absolute Gasteiger partial charge is 0.311 e. The molecular formula is C16H33N3. The Kier molecular flexibility index (Phi) is 5.27. The molecule has 0 aromatic rings. The molecule has 1 heterocycles. The number of hydrogen-bond donors (Lipinski definition) is 1. The van der Waals surface area contributed by atoms with Crippen LogP contribution >= 0.6 is 0 Å². The first-order valence-corrected chi connectivity index (χ1v) is 8.19. The quantitative estimate of drug-likeness (QED) is 0.796. The van der Waals surface area contributed by atoms with Crippen LogP contribution in [0.15, 0.2) is 0 Å². The number of rotatable bonds is 6. The maximum Gasteiger partial charge on any atom is 0.0219 e. The molecule has 1 aliphatic heterocycles. The van der Waals surface area contributed by atoms with E-state index in [9.17, 15) is 0 Å². The minimum absolute atomic E-state index is 0.237. The zero-order valence-electron chi connectivity index (χ0n) is 13.4. The van der Waals surface area contributed by atoms with Crippen LogP contribution in [-0.2, 0) is 0 Å². The lowest BCUT2D eigenvalue weighted by Crippen LogP contribution is -2.54. The average molecular weight is 267 g/mol. The normalized spacial score (nSPS) is 24.6. The molecule has 0 aromatic heterocycles. The van der Waals surface area contributed by atoms with Crippen molar-refractivity contribution in [1.29, 1.82) is 0 Å². The van der Waals surface area contributed by atoms with Gasteiger partial charge in [-0.3, -0.25) is 4.90 Å². The van der Waals surface area contributed by atoms with Gasteiger partial charge in [0.05, 0.1) is 0 Å². The van der Waals surface area contributed by atoms with Crippen molar-refractivity contribution < 1.29 is 0 Å². The molecule has 0 radical (unpaired) electrons. The van der Waals surface area contributed by atoms with E-state index in [4.69, 9.17) is 0 Å². The van der Waals surface area contributed by atoms with E-state index in [2.05, 4.69) is 42.8 Å². The summed E-state index contributed by atoms with van der Waals surface area (Å²) in [5.74, 6) is 1.04. The molecule has 3 nitrogen and oxygen atoms in total. The van der Waals surface area contributed by atoms with E-state index in [1.165, 1.54) is 52.0 Å². The fourth-order valence-corrected chi connectivity index (χ4v) is 2.93. The van der Waals surface area contributed by atoms with Gasteiger partial charge in [-0.1, -0.05) is 6.92 Å². The van der Waals surface area contributed by atoms with Gasteiger partial charge in [-0.2, -0.15) is 0 Å². The van der Waals surface area contributed by atoms with E-state index in [0.717, 1.165) is 12.5 Å². The summed E-state index contributed by atoms with van der Waals surface area (Å²) in [6, 6.07) is 0.710. The Bertz CT molecular complexity index is 260. The average Bonchev–Trinajstić information content (AvgIpc) is 3.14. The van der Waals surface area contributed by atoms with Gasteiger partial charge in [0.25, 0.3) is 0 Å². The summed E-state index contributed by atoms with van der Waals surface area (Å²) in [6.07, 6.45) is 4.21. The minimum Gasteiger partial charge on any atom is -0.311 e. The van der Waals surface area contributed by atoms with Crippen LogP contribution in [0.2, 0.25) is 0 Å².